The van der Waals surface area contributed by atoms with E-state index in [-0.39, 0.29) is 6.23 Å². The third-order valence-electron chi connectivity index (χ3n) is 4.46. The van der Waals surface area contributed by atoms with Crippen molar-refractivity contribution in [3.63, 3.8) is 0 Å². The van der Waals surface area contributed by atoms with E-state index in [4.69, 9.17) is 16.3 Å². The van der Waals surface area contributed by atoms with E-state index in [0.717, 1.165) is 31.2 Å². The second-order valence-electron chi connectivity index (χ2n) is 6.32. The Labute approximate surface area is 155 Å². The maximum atomic E-state index is 14.0. The van der Waals surface area contributed by atoms with E-state index < -0.39 is 6.08 Å². The van der Waals surface area contributed by atoms with E-state index >= 15 is 0 Å². The van der Waals surface area contributed by atoms with Crippen LogP contribution in [0.4, 0.5) is 10.2 Å². The van der Waals surface area contributed by atoms with Gasteiger partial charge in [0.05, 0.1) is 6.33 Å². The first-order chi connectivity index (χ1) is 12.7. The molecule has 0 spiro atoms. The number of benzene rings is 1. The molecule has 1 N–H and O–H groups in total. The van der Waals surface area contributed by atoms with Gasteiger partial charge in [0.25, 0.3) is 0 Å². The summed E-state index contributed by atoms with van der Waals surface area (Å²) in [5.41, 5.74) is 1.94. The first-order valence-electron chi connectivity index (χ1n) is 8.71. The maximum absolute atomic E-state index is 14.0. The van der Waals surface area contributed by atoms with Gasteiger partial charge < -0.3 is 10.1 Å². The van der Waals surface area contributed by atoms with Crippen LogP contribution >= 0.6 is 11.6 Å². The summed E-state index contributed by atoms with van der Waals surface area (Å²) in [6.07, 6.45) is 4.80. The summed E-state index contributed by atoms with van der Waals surface area (Å²) in [6.45, 7) is 1.15. The molecule has 3 heterocycles. The SMILES string of the molecule is Fc1nc(NCc2cccc(Cl)c2)c2ncn(C3CCCCCO3)c2n1. The standard InChI is InChI=1S/C18H19ClFN5O/c19-13-6-4-5-12(9-13)10-21-16-15-17(24-18(20)23-16)25(11-22-15)14-7-2-1-3-8-26-14/h4-6,9,11,14H,1-3,7-8,10H2,(H,21,23,24). The number of fused-ring (bicyclic) bond motifs is 1. The number of nitrogens with zero attached hydrogens (tertiary/aromatic N) is 4. The summed E-state index contributed by atoms with van der Waals surface area (Å²) in [7, 11) is 0. The number of nitrogens with one attached hydrogen (secondary N) is 1. The van der Waals surface area contributed by atoms with Gasteiger partial charge in [-0.1, -0.05) is 30.2 Å². The Morgan fingerprint density at radius 2 is 2.19 bits per heavy atom. The fraction of sp³-hybridized carbons (Fsp3) is 0.389. The van der Waals surface area contributed by atoms with Crippen molar-refractivity contribution in [2.24, 2.45) is 0 Å². The monoisotopic (exact) mass is 375 g/mol. The first-order valence-corrected chi connectivity index (χ1v) is 9.08. The van der Waals surface area contributed by atoms with Crippen LogP contribution in [-0.2, 0) is 11.3 Å². The first kappa shape index (κ1) is 17.2. The molecule has 26 heavy (non-hydrogen) atoms. The maximum Gasteiger partial charge on any atom is 0.312 e. The molecule has 1 saturated heterocycles. The summed E-state index contributed by atoms with van der Waals surface area (Å²) >= 11 is 6.01. The largest absolute Gasteiger partial charge is 0.364 e. The smallest absolute Gasteiger partial charge is 0.312 e. The Bertz CT molecular complexity index is 908. The molecule has 6 nitrogen and oxygen atoms in total. The van der Waals surface area contributed by atoms with Gasteiger partial charge in [-0.2, -0.15) is 14.4 Å². The van der Waals surface area contributed by atoms with Crippen LogP contribution < -0.4 is 5.32 Å². The second-order valence-corrected chi connectivity index (χ2v) is 6.76. The lowest BCUT2D eigenvalue weighted by atomic mass is 10.2. The Balaban J connectivity index is 1.63. The Kier molecular flexibility index (Phi) is 4.99. The van der Waals surface area contributed by atoms with Crippen LogP contribution in [0.15, 0.2) is 30.6 Å². The van der Waals surface area contributed by atoms with E-state index in [1.165, 1.54) is 0 Å². The summed E-state index contributed by atoms with van der Waals surface area (Å²) in [4.78, 5) is 12.2. The van der Waals surface area contributed by atoms with Crippen molar-refractivity contribution in [2.45, 2.75) is 38.5 Å². The topological polar surface area (TPSA) is 64.9 Å². The third kappa shape index (κ3) is 3.64. The summed E-state index contributed by atoms with van der Waals surface area (Å²) in [5, 5.41) is 3.79. The van der Waals surface area contributed by atoms with Crippen molar-refractivity contribution in [1.29, 1.82) is 0 Å². The van der Waals surface area contributed by atoms with Crippen LogP contribution in [0.5, 0.6) is 0 Å². The minimum absolute atomic E-state index is 0.169. The van der Waals surface area contributed by atoms with E-state index in [9.17, 15) is 4.39 Å². The molecule has 1 aromatic carbocycles. The minimum atomic E-state index is -0.790. The van der Waals surface area contributed by atoms with Crippen molar-refractivity contribution in [3.8, 4) is 0 Å². The molecule has 1 atom stereocenters. The molecule has 8 heteroatoms. The molecule has 3 aromatic rings. The van der Waals surface area contributed by atoms with Gasteiger partial charge in [-0.25, -0.2) is 4.98 Å². The molecule has 1 aliphatic rings. The van der Waals surface area contributed by atoms with Gasteiger partial charge in [-0.3, -0.25) is 4.57 Å². The lowest BCUT2D eigenvalue weighted by Crippen LogP contribution is -2.12. The lowest BCUT2D eigenvalue weighted by Gasteiger charge is -2.16. The van der Waals surface area contributed by atoms with Gasteiger partial charge in [-0.15, -0.1) is 0 Å². The third-order valence-corrected chi connectivity index (χ3v) is 4.69. The molecule has 0 saturated carbocycles. The van der Waals surface area contributed by atoms with E-state index in [0.29, 0.717) is 35.2 Å². The van der Waals surface area contributed by atoms with Gasteiger partial charge in [0.15, 0.2) is 17.0 Å². The van der Waals surface area contributed by atoms with E-state index in [1.54, 1.807) is 10.9 Å². The summed E-state index contributed by atoms with van der Waals surface area (Å²) in [6, 6.07) is 7.46. The highest BCUT2D eigenvalue weighted by molar-refractivity contribution is 6.30. The number of anilines is 1. The van der Waals surface area contributed by atoms with Crippen molar-refractivity contribution in [2.75, 3.05) is 11.9 Å². The average Bonchev–Trinajstić information content (AvgIpc) is 2.87. The van der Waals surface area contributed by atoms with Gasteiger partial charge in [0, 0.05) is 18.2 Å². The highest BCUT2D eigenvalue weighted by Crippen LogP contribution is 2.27. The number of imidazole rings is 1. The highest BCUT2D eigenvalue weighted by atomic mass is 35.5. The number of aromatic nitrogens is 4. The fourth-order valence-electron chi connectivity index (χ4n) is 3.18. The van der Waals surface area contributed by atoms with Crippen LogP contribution in [0.3, 0.4) is 0 Å². The van der Waals surface area contributed by atoms with E-state index in [1.807, 2.05) is 24.3 Å². The average molecular weight is 376 g/mol. The number of hydrogen-bond acceptors (Lipinski definition) is 5. The second kappa shape index (κ2) is 7.55. The van der Waals surface area contributed by atoms with Gasteiger partial charge >= 0.3 is 6.08 Å². The molecule has 1 fully saturated rings. The van der Waals surface area contributed by atoms with Crippen LogP contribution in [0.1, 0.15) is 37.5 Å². The summed E-state index contributed by atoms with van der Waals surface area (Å²) < 4.78 is 21.7. The van der Waals surface area contributed by atoms with Gasteiger partial charge in [0.1, 0.15) is 6.23 Å². The fourth-order valence-corrected chi connectivity index (χ4v) is 3.39. The molecule has 0 radical (unpaired) electrons. The molecule has 4 rings (SSSR count). The zero-order valence-corrected chi connectivity index (χ0v) is 14.9. The predicted octanol–water partition coefficient (Wildman–Crippen LogP) is 4.32. The molecule has 1 unspecified atom stereocenters. The number of hydrogen-bond donors (Lipinski definition) is 1. The number of ether oxygens (including phenoxy) is 1. The molecule has 0 bridgehead atoms. The van der Waals surface area contributed by atoms with Crippen LogP contribution in [0, 0.1) is 6.08 Å². The Morgan fingerprint density at radius 1 is 1.27 bits per heavy atom. The highest BCUT2D eigenvalue weighted by Gasteiger charge is 2.20. The molecule has 136 valence electrons. The molecule has 0 aliphatic carbocycles. The Morgan fingerprint density at radius 3 is 3.08 bits per heavy atom. The number of rotatable bonds is 4. The molecule has 1 aliphatic heterocycles. The van der Waals surface area contributed by atoms with Gasteiger partial charge in [0.2, 0.25) is 0 Å². The molecule has 2 aromatic heterocycles. The molecular weight excluding hydrogens is 357 g/mol. The van der Waals surface area contributed by atoms with Crippen molar-refractivity contribution >= 4 is 28.6 Å². The molecule has 0 amide bonds. The van der Waals surface area contributed by atoms with Crippen molar-refractivity contribution in [3.05, 3.63) is 47.3 Å². The van der Waals surface area contributed by atoms with Crippen LogP contribution in [0.25, 0.3) is 11.2 Å². The number of halogens is 2. The zero-order chi connectivity index (χ0) is 17.9. The van der Waals surface area contributed by atoms with Crippen LogP contribution in [-0.4, -0.2) is 26.1 Å². The normalized spacial score (nSPS) is 18.0. The molecular formula is C18H19ClFN5O. The Hall–Kier alpha value is -2.25. The minimum Gasteiger partial charge on any atom is -0.364 e. The predicted molar refractivity (Wildman–Crippen MR) is 97.5 cm³/mol. The summed E-state index contributed by atoms with van der Waals surface area (Å²) in [5.74, 6) is 0.361. The van der Waals surface area contributed by atoms with Gasteiger partial charge in [-0.05, 0) is 37.0 Å². The van der Waals surface area contributed by atoms with Crippen molar-refractivity contribution in [1.82, 2.24) is 19.5 Å². The quantitative estimate of drug-likeness (QED) is 0.688. The van der Waals surface area contributed by atoms with Crippen molar-refractivity contribution < 1.29 is 9.13 Å². The lowest BCUT2D eigenvalue weighted by molar-refractivity contribution is 0.00928. The zero-order valence-electron chi connectivity index (χ0n) is 14.2. The van der Waals surface area contributed by atoms with Crippen LogP contribution in [0.2, 0.25) is 5.02 Å². The van der Waals surface area contributed by atoms with E-state index in [2.05, 4.69) is 20.3 Å².